The second-order valence-electron chi connectivity index (χ2n) is 3.75. The van der Waals surface area contributed by atoms with Crippen molar-refractivity contribution in [3.05, 3.63) is 27.2 Å². The Morgan fingerprint density at radius 2 is 2.00 bits per heavy atom. The third-order valence-corrected chi connectivity index (χ3v) is 3.67. The fraction of sp³-hybridized carbons (Fsp3) is 0.364. The second kappa shape index (κ2) is 4.63. The van der Waals surface area contributed by atoms with Crippen LogP contribution in [0, 0.1) is 0 Å². The van der Waals surface area contributed by atoms with Crippen molar-refractivity contribution >= 4 is 39.2 Å². The van der Waals surface area contributed by atoms with E-state index < -0.39 is 5.97 Å². The molecule has 1 aliphatic heterocycles. The van der Waals surface area contributed by atoms with Gasteiger partial charge in [-0.1, -0.05) is 11.6 Å². The summed E-state index contributed by atoms with van der Waals surface area (Å²) in [5.74, 6) is -0.979. The van der Waals surface area contributed by atoms with Gasteiger partial charge in [-0.15, -0.1) is 0 Å². The second-order valence-corrected chi connectivity index (χ2v) is 5.01. The van der Waals surface area contributed by atoms with E-state index in [1.165, 1.54) is 0 Å². The van der Waals surface area contributed by atoms with Crippen LogP contribution in [0.4, 0.5) is 5.69 Å². The monoisotopic (exact) mass is 303 g/mol. The quantitative estimate of drug-likeness (QED) is 0.910. The highest BCUT2D eigenvalue weighted by Crippen LogP contribution is 2.36. The number of hydrogen-bond acceptors (Lipinski definition) is 2. The van der Waals surface area contributed by atoms with Gasteiger partial charge in [-0.2, -0.15) is 0 Å². The number of aromatic carboxylic acids is 1. The summed E-state index contributed by atoms with van der Waals surface area (Å²) in [6.07, 6.45) is 2.19. The Morgan fingerprint density at radius 3 is 2.56 bits per heavy atom. The molecular weight excluding hydrogens is 293 g/mol. The number of hydrogen-bond donors (Lipinski definition) is 1. The van der Waals surface area contributed by atoms with Gasteiger partial charge in [-0.25, -0.2) is 4.79 Å². The zero-order valence-electron chi connectivity index (χ0n) is 8.54. The zero-order valence-corrected chi connectivity index (χ0v) is 10.9. The summed E-state index contributed by atoms with van der Waals surface area (Å²) in [6.45, 7) is 1.78. The van der Waals surface area contributed by atoms with E-state index in [-0.39, 0.29) is 10.6 Å². The number of anilines is 1. The third kappa shape index (κ3) is 2.04. The van der Waals surface area contributed by atoms with Crippen LogP contribution in [0.2, 0.25) is 5.02 Å². The first kappa shape index (κ1) is 11.7. The lowest BCUT2D eigenvalue weighted by atomic mass is 10.1. The average molecular weight is 305 g/mol. The smallest absolute Gasteiger partial charge is 0.339 e. The Bertz CT molecular complexity index is 430. The van der Waals surface area contributed by atoms with Crippen molar-refractivity contribution in [3.8, 4) is 0 Å². The lowest BCUT2D eigenvalue weighted by Crippen LogP contribution is -2.21. The van der Waals surface area contributed by atoms with Gasteiger partial charge in [0, 0.05) is 17.6 Å². The highest BCUT2D eigenvalue weighted by atomic mass is 79.9. The molecule has 0 saturated carbocycles. The van der Waals surface area contributed by atoms with Crippen molar-refractivity contribution in [3.63, 3.8) is 0 Å². The average Bonchev–Trinajstić information content (AvgIpc) is 2.73. The van der Waals surface area contributed by atoms with Crippen LogP contribution in [-0.2, 0) is 0 Å². The molecule has 0 aliphatic carbocycles. The van der Waals surface area contributed by atoms with Gasteiger partial charge >= 0.3 is 5.97 Å². The van der Waals surface area contributed by atoms with Gasteiger partial charge in [-0.3, -0.25) is 0 Å². The van der Waals surface area contributed by atoms with Crippen molar-refractivity contribution in [1.29, 1.82) is 0 Å². The molecule has 0 unspecified atom stereocenters. The van der Waals surface area contributed by atoms with Gasteiger partial charge < -0.3 is 10.0 Å². The molecule has 1 aromatic rings. The molecule has 3 nitrogen and oxygen atoms in total. The minimum absolute atomic E-state index is 0.193. The van der Waals surface area contributed by atoms with Gasteiger partial charge in [0.25, 0.3) is 0 Å². The first-order valence-electron chi connectivity index (χ1n) is 5.07. The number of halogens is 2. The number of benzene rings is 1. The van der Waals surface area contributed by atoms with E-state index in [4.69, 9.17) is 11.6 Å². The minimum Gasteiger partial charge on any atom is -0.478 e. The fourth-order valence-electron chi connectivity index (χ4n) is 1.99. The molecule has 16 heavy (non-hydrogen) atoms. The molecule has 1 aromatic carbocycles. The minimum atomic E-state index is -0.979. The van der Waals surface area contributed by atoms with Gasteiger partial charge in [-0.05, 0) is 40.9 Å². The number of carbonyl (C=O) groups is 1. The molecule has 0 radical (unpaired) electrons. The molecule has 0 bridgehead atoms. The Kier molecular flexibility index (Phi) is 3.40. The lowest BCUT2D eigenvalue weighted by molar-refractivity contribution is 0.0697. The molecule has 0 aromatic heterocycles. The van der Waals surface area contributed by atoms with Crippen LogP contribution in [0.25, 0.3) is 0 Å². The summed E-state index contributed by atoms with van der Waals surface area (Å²) in [5, 5.41) is 9.49. The predicted octanol–water partition coefficient (Wildman–Crippen LogP) is 3.40. The van der Waals surface area contributed by atoms with E-state index in [1.807, 2.05) is 0 Å². The van der Waals surface area contributed by atoms with E-state index in [2.05, 4.69) is 20.8 Å². The van der Waals surface area contributed by atoms with E-state index in [0.29, 0.717) is 5.69 Å². The highest BCUT2D eigenvalue weighted by molar-refractivity contribution is 9.10. The van der Waals surface area contributed by atoms with Crippen LogP contribution in [0.1, 0.15) is 23.2 Å². The van der Waals surface area contributed by atoms with Crippen molar-refractivity contribution in [1.82, 2.24) is 0 Å². The SMILES string of the molecule is O=C(O)c1c(Cl)ccc(Br)c1N1CCCC1. The number of carboxylic acids is 1. The molecule has 1 saturated heterocycles. The first-order chi connectivity index (χ1) is 7.61. The molecular formula is C11H11BrClNO2. The summed E-state index contributed by atoms with van der Waals surface area (Å²) >= 11 is 9.34. The van der Waals surface area contributed by atoms with E-state index in [1.54, 1.807) is 12.1 Å². The van der Waals surface area contributed by atoms with Gasteiger partial charge in [0.05, 0.1) is 10.7 Å². The topological polar surface area (TPSA) is 40.5 Å². The van der Waals surface area contributed by atoms with Gasteiger partial charge in [0.2, 0.25) is 0 Å². The molecule has 1 heterocycles. The van der Waals surface area contributed by atoms with Crippen LogP contribution in [0.5, 0.6) is 0 Å². The largest absolute Gasteiger partial charge is 0.478 e. The molecule has 0 spiro atoms. The molecule has 1 fully saturated rings. The number of nitrogens with zero attached hydrogens (tertiary/aromatic N) is 1. The summed E-state index contributed by atoms with van der Waals surface area (Å²) in [4.78, 5) is 13.3. The molecule has 2 rings (SSSR count). The highest BCUT2D eigenvalue weighted by Gasteiger charge is 2.24. The zero-order chi connectivity index (χ0) is 11.7. The summed E-state index contributed by atoms with van der Waals surface area (Å²) in [7, 11) is 0. The van der Waals surface area contributed by atoms with Crippen molar-refractivity contribution in [2.75, 3.05) is 18.0 Å². The standard InChI is InChI=1S/C11H11BrClNO2/c12-7-3-4-8(13)9(11(15)16)10(7)14-5-1-2-6-14/h3-4H,1-2,5-6H2,(H,15,16). The normalized spacial score (nSPS) is 15.5. The predicted molar refractivity (Wildman–Crippen MR) is 67.6 cm³/mol. The summed E-state index contributed by atoms with van der Waals surface area (Å²) < 4.78 is 0.788. The van der Waals surface area contributed by atoms with Crippen molar-refractivity contribution < 1.29 is 9.90 Å². The summed E-state index contributed by atoms with van der Waals surface area (Å²) in [6, 6.07) is 3.40. The van der Waals surface area contributed by atoms with Crippen molar-refractivity contribution in [2.24, 2.45) is 0 Å². The maximum atomic E-state index is 11.2. The van der Waals surface area contributed by atoms with Gasteiger partial charge in [0.1, 0.15) is 5.56 Å². The number of rotatable bonds is 2. The first-order valence-corrected chi connectivity index (χ1v) is 6.24. The van der Waals surface area contributed by atoms with Crippen LogP contribution in [0.15, 0.2) is 16.6 Å². The molecule has 0 atom stereocenters. The molecule has 1 N–H and O–H groups in total. The van der Waals surface area contributed by atoms with E-state index >= 15 is 0 Å². The maximum Gasteiger partial charge on any atom is 0.339 e. The Labute approximate surface area is 107 Å². The fourth-order valence-corrected chi connectivity index (χ4v) is 2.81. The van der Waals surface area contributed by atoms with Crippen molar-refractivity contribution in [2.45, 2.75) is 12.8 Å². The molecule has 86 valence electrons. The van der Waals surface area contributed by atoms with Crippen LogP contribution >= 0.6 is 27.5 Å². The van der Waals surface area contributed by atoms with Crippen LogP contribution in [0.3, 0.4) is 0 Å². The lowest BCUT2D eigenvalue weighted by Gasteiger charge is -2.22. The van der Waals surface area contributed by atoms with Gasteiger partial charge in [0.15, 0.2) is 0 Å². The Morgan fingerprint density at radius 1 is 1.38 bits per heavy atom. The summed E-state index contributed by atoms with van der Waals surface area (Å²) in [5.41, 5.74) is 0.899. The van der Waals surface area contributed by atoms with Crippen LogP contribution in [-0.4, -0.2) is 24.2 Å². The number of carboxylic acid groups (broad SMARTS) is 1. The molecule has 1 aliphatic rings. The molecule has 0 amide bonds. The van der Waals surface area contributed by atoms with E-state index in [0.717, 1.165) is 30.4 Å². The Balaban J connectivity index is 2.55. The van der Waals surface area contributed by atoms with Crippen LogP contribution < -0.4 is 4.90 Å². The maximum absolute atomic E-state index is 11.2. The molecule has 5 heteroatoms. The third-order valence-electron chi connectivity index (χ3n) is 2.71. The van der Waals surface area contributed by atoms with E-state index in [9.17, 15) is 9.90 Å². The Hall–Kier alpha value is -0.740.